The molecule has 0 aliphatic carbocycles. The first-order valence-electron chi connectivity index (χ1n) is 12.2. The van der Waals surface area contributed by atoms with E-state index in [1.807, 2.05) is 0 Å². The van der Waals surface area contributed by atoms with Crippen LogP contribution >= 0.6 is 106 Å². The lowest BCUT2D eigenvalue weighted by molar-refractivity contribution is -0.274. The zero-order valence-electron chi connectivity index (χ0n) is 22.8. The third-order valence-corrected chi connectivity index (χ3v) is 13.9. The third kappa shape index (κ3) is 35.7. The molecule has 0 spiro atoms. The van der Waals surface area contributed by atoms with Gasteiger partial charge < -0.3 is 24.4 Å². The Labute approximate surface area is 281 Å². The van der Waals surface area contributed by atoms with Crippen LogP contribution in [0.3, 0.4) is 0 Å². The second-order valence-electron chi connectivity index (χ2n) is 6.97. The second kappa shape index (κ2) is 35.9. The molecule has 0 radical (unpaired) electrons. The van der Waals surface area contributed by atoms with Crippen LogP contribution in [-0.2, 0) is 38.4 Å². The fourth-order valence-corrected chi connectivity index (χ4v) is 10.7. The van der Waals surface area contributed by atoms with Crippen molar-refractivity contribution in [2.24, 2.45) is 0 Å². The molecule has 10 nitrogen and oxygen atoms in total. The molecule has 19 heteroatoms. The van der Waals surface area contributed by atoms with Gasteiger partial charge in [-0.15, -0.1) is 106 Å². The van der Waals surface area contributed by atoms with E-state index >= 15 is 0 Å². The predicted octanol–water partition coefficient (Wildman–Crippen LogP) is 4.59. The zero-order chi connectivity index (χ0) is 30.1. The minimum Gasteiger partial charge on any atom is -0.465 e. The molecule has 0 amide bonds. The molecule has 2 N–H and O–H groups in total. The van der Waals surface area contributed by atoms with Crippen LogP contribution in [0.5, 0.6) is 0 Å². The van der Waals surface area contributed by atoms with Gasteiger partial charge in [-0.05, 0) is 0 Å². The quantitative estimate of drug-likeness (QED) is 0.0247. The van der Waals surface area contributed by atoms with Crippen LogP contribution < -0.4 is 0 Å². The molecule has 0 atom stereocenters. The number of aliphatic hydroxyl groups excluding tert-OH is 2. The molecule has 0 aromatic heterocycles. The molecule has 0 aromatic rings. The van der Waals surface area contributed by atoms with Gasteiger partial charge in [-0.3, -0.25) is 14.4 Å². The minimum absolute atomic E-state index is 0.0149. The lowest BCUT2D eigenvalue weighted by atomic mass is 10.5. The molecule has 0 bridgehead atoms. The predicted molar refractivity (Wildman–Crippen MR) is 185 cm³/mol. The average molecular weight is 753 g/mol. The lowest BCUT2D eigenvalue weighted by Gasteiger charge is -2.06. The van der Waals surface area contributed by atoms with Crippen molar-refractivity contribution in [3.05, 3.63) is 0 Å². The summed E-state index contributed by atoms with van der Waals surface area (Å²) in [6.07, 6.45) is 0.937. The fourth-order valence-electron chi connectivity index (χ4n) is 1.91. The van der Waals surface area contributed by atoms with Crippen molar-refractivity contribution < 1.29 is 48.6 Å². The van der Waals surface area contributed by atoms with E-state index in [0.717, 1.165) is 36.3 Å². The number of hydrogen-bond donors (Lipinski definition) is 2. The van der Waals surface area contributed by atoms with E-state index in [0.29, 0.717) is 42.8 Å². The minimum atomic E-state index is -0.272. The SMILES string of the molecule is O=C(CSCSCSCCOOCSCSCSCOC(=O)CSCSCSCC(=O)OCCCO)OCCCO. The number of hydrogen-bond acceptors (Lipinski definition) is 19. The van der Waals surface area contributed by atoms with Crippen LogP contribution in [0.15, 0.2) is 0 Å². The highest BCUT2D eigenvalue weighted by molar-refractivity contribution is 8.23. The van der Waals surface area contributed by atoms with Crippen molar-refractivity contribution in [3.63, 3.8) is 0 Å². The van der Waals surface area contributed by atoms with Crippen molar-refractivity contribution in [1.29, 1.82) is 0 Å². The Morgan fingerprint density at radius 2 is 0.902 bits per heavy atom. The van der Waals surface area contributed by atoms with Gasteiger partial charge in [-0.2, -0.15) is 0 Å². The Hall–Kier alpha value is 1.40. The Kier molecular flexibility index (Phi) is 37.1. The highest BCUT2D eigenvalue weighted by Crippen LogP contribution is 2.20. The Balaban J connectivity index is 3.22. The fraction of sp³-hybridized carbons (Fsp3) is 0.864. The van der Waals surface area contributed by atoms with Crippen molar-refractivity contribution in [1.82, 2.24) is 0 Å². The summed E-state index contributed by atoms with van der Waals surface area (Å²) < 4.78 is 15.1. The molecule has 0 aliphatic heterocycles. The van der Waals surface area contributed by atoms with Crippen LogP contribution in [0.2, 0.25) is 0 Å². The number of thioether (sulfide) groups is 9. The molecule has 0 aliphatic rings. The van der Waals surface area contributed by atoms with Crippen molar-refractivity contribution in [3.8, 4) is 0 Å². The Morgan fingerprint density at radius 1 is 0.463 bits per heavy atom. The molecule has 0 heterocycles. The van der Waals surface area contributed by atoms with Gasteiger partial charge in [-0.25, -0.2) is 9.78 Å². The van der Waals surface area contributed by atoms with Crippen molar-refractivity contribution >= 4 is 124 Å². The molecule has 0 aromatic carbocycles. The largest absolute Gasteiger partial charge is 0.465 e. The summed E-state index contributed by atoms with van der Waals surface area (Å²) in [5.41, 5.74) is 0. The van der Waals surface area contributed by atoms with E-state index in [-0.39, 0.29) is 50.1 Å². The van der Waals surface area contributed by atoms with Crippen LogP contribution in [0.4, 0.5) is 0 Å². The first kappa shape index (κ1) is 42.4. The van der Waals surface area contributed by atoms with Crippen molar-refractivity contribution in [2.45, 2.75) is 12.8 Å². The number of aliphatic hydroxyl groups is 2. The summed E-state index contributed by atoms with van der Waals surface area (Å²) in [5, 5.41) is 22.2. The highest BCUT2D eigenvalue weighted by Gasteiger charge is 2.06. The summed E-state index contributed by atoms with van der Waals surface area (Å²) in [4.78, 5) is 44.8. The number of rotatable bonds is 32. The zero-order valence-corrected chi connectivity index (χ0v) is 30.1. The van der Waals surface area contributed by atoms with E-state index in [1.165, 1.54) is 35.3 Å². The molecule has 0 saturated heterocycles. The molecular formula is C22H40O10S9. The smallest absolute Gasteiger partial charge is 0.316 e. The summed E-state index contributed by atoms with van der Waals surface area (Å²) in [6.45, 7) is 1.09. The number of ether oxygens (including phenoxy) is 3. The van der Waals surface area contributed by atoms with Crippen LogP contribution in [0, 0.1) is 0 Å². The third-order valence-electron chi connectivity index (χ3n) is 3.62. The van der Waals surface area contributed by atoms with Crippen LogP contribution in [-0.4, -0.2) is 127 Å². The summed E-state index contributed by atoms with van der Waals surface area (Å²) >= 11 is 14.5. The maximum Gasteiger partial charge on any atom is 0.316 e. The van der Waals surface area contributed by atoms with Gasteiger partial charge >= 0.3 is 17.9 Å². The van der Waals surface area contributed by atoms with Gasteiger partial charge in [0, 0.05) is 62.3 Å². The summed E-state index contributed by atoms with van der Waals surface area (Å²) in [6, 6.07) is 0. The molecule has 0 saturated carbocycles. The van der Waals surface area contributed by atoms with Gasteiger partial charge in [0.1, 0.15) is 11.9 Å². The Bertz CT molecular complexity index is 626. The number of esters is 3. The van der Waals surface area contributed by atoms with Gasteiger partial charge in [-0.1, -0.05) is 0 Å². The van der Waals surface area contributed by atoms with Gasteiger partial charge in [0.25, 0.3) is 0 Å². The summed E-state index contributed by atoms with van der Waals surface area (Å²) in [5.74, 6) is 1.82. The van der Waals surface area contributed by atoms with E-state index in [9.17, 15) is 14.4 Å². The molecule has 0 fully saturated rings. The van der Waals surface area contributed by atoms with Gasteiger partial charge in [0.05, 0.1) is 37.1 Å². The van der Waals surface area contributed by atoms with Gasteiger partial charge in [0.2, 0.25) is 0 Å². The Morgan fingerprint density at radius 3 is 1.41 bits per heavy atom. The van der Waals surface area contributed by atoms with E-state index in [1.54, 1.807) is 70.6 Å². The van der Waals surface area contributed by atoms with Crippen molar-refractivity contribution in [2.75, 3.05) is 98.4 Å². The maximum absolute atomic E-state index is 11.8. The normalized spacial score (nSPS) is 11.0. The monoisotopic (exact) mass is 752 g/mol. The standard InChI is InChI=1S/C22H40O10S9/c23-3-1-5-28-20(25)9-34-15-39-14-33-8-7-31-32-13-38-19-41-18-37-12-30-22(27)11-36-17-40-16-35-10-21(26)29-6-2-4-24/h23-24H,1-19H2. The van der Waals surface area contributed by atoms with E-state index in [4.69, 9.17) is 34.2 Å². The first-order chi connectivity index (χ1) is 20.1. The van der Waals surface area contributed by atoms with Gasteiger partial charge in [0.15, 0.2) is 0 Å². The van der Waals surface area contributed by atoms with Crippen LogP contribution in [0.1, 0.15) is 12.8 Å². The van der Waals surface area contributed by atoms with E-state index < -0.39 is 0 Å². The second-order valence-corrected chi connectivity index (χ2v) is 18.0. The molecule has 0 unspecified atom stereocenters. The summed E-state index contributed by atoms with van der Waals surface area (Å²) in [7, 11) is 0. The average Bonchev–Trinajstić information content (AvgIpc) is 2.96. The van der Waals surface area contributed by atoms with E-state index in [2.05, 4.69) is 0 Å². The molecule has 242 valence electrons. The number of carbonyl (C=O) groups is 3. The first-order valence-corrected chi connectivity index (χ1v) is 22.6. The molecular weight excluding hydrogens is 713 g/mol. The molecule has 41 heavy (non-hydrogen) atoms. The highest BCUT2D eigenvalue weighted by atomic mass is 32.2. The topological polar surface area (TPSA) is 138 Å². The lowest BCUT2D eigenvalue weighted by Crippen LogP contribution is -2.09. The van der Waals surface area contributed by atoms with Crippen LogP contribution in [0.25, 0.3) is 0 Å². The molecule has 0 rings (SSSR count). The maximum atomic E-state index is 11.8. The number of carbonyl (C=O) groups excluding carboxylic acids is 3.